The van der Waals surface area contributed by atoms with Crippen LogP contribution in [0.5, 0.6) is 11.5 Å². The average molecular weight is 300 g/mol. The van der Waals surface area contributed by atoms with Crippen molar-refractivity contribution in [3.8, 4) is 16.5 Å². The molecule has 1 aliphatic rings. The Labute approximate surface area is 125 Å². The first-order chi connectivity index (χ1) is 10.3. The van der Waals surface area contributed by atoms with Gasteiger partial charge in [0.1, 0.15) is 17.7 Å². The molecule has 2 aromatic heterocycles. The molecule has 0 saturated heterocycles. The molecule has 3 aromatic rings. The number of hydrogen-bond donors (Lipinski definition) is 1. The highest BCUT2D eigenvalue weighted by atomic mass is 32.1. The number of benzene rings is 1. The summed E-state index contributed by atoms with van der Waals surface area (Å²) in [4.78, 5) is 5.15. The Morgan fingerprint density at radius 3 is 3.00 bits per heavy atom. The van der Waals surface area contributed by atoms with E-state index in [0.717, 1.165) is 27.9 Å². The van der Waals surface area contributed by atoms with E-state index in [0.29, 0.717) is 0 Å². The summed E-state index contributed by atoms with van der Waals surface area (Å²) in [6, 6.07) is 7.87. The molecule has 0 aliphatic carbocycles. The third-order valence-electron chi connectivity index (χ3n) is 3.20. The standard InChI is InChI=1S/C14H12N4O2S/c1-9-11(5-14(21-9)18-7-15-6-16-18)17-10-2-3-12-13(4-10)20-8-19-12/h2-7,17H,8H2,1H3. The Bertz CT molecular complexity index is 782. The summed E-state index contributed by atoms with van der Waals surface area (Å²) in [5.41, 5.74) is 2.01. The lowest BCUT2D eigenvalue weighted by atomic mass is 10.2. The summed E-state index contributed by atoms with van der Waals surface area (Å²) in [5, 5.41) is 8.57. The zero-order chi connectivity index (χ0) is 14.2. The summed E-state index contributed by atoms with van der Waals surface area (Å²) < 4.78 is 12.5. The SMILES string of the molecule is Cc1sc(-n2cncn2)cc1Nc1ccc2c(c1)OCO2. The molecule has 1 aromatic carbocycles. The number of fused-ring (bicyclic) bond motifs is 1. The summed E-state index contributed by atoms with van der Waals surface area (Å²) in [6.07, 6.45) is 3.22. The monoisotopic (exact) mass is 300 g/mol. The molecule has 0 radical (unpaired) electrons. The lowest BCUT2D eigenvalue weighted by molar-refractivity contribution is 0.174. The van der Waals surface area contributed by atoms with Gasteiger partial charge in [-0.1, -0.05) is 0 Å². The van der Waals surface area contributed by atoms with Gasteiger partial charge in [-0.2, -0.15) is 5.10 Å². The largest absolute Gasteiger partial charge is 0.454 e. The first-order valence-electron chi connectivity index (χ1n) is 6.42. The molecule has 0 amide bonds. The summed E-state index contributed by atoms with van der Waals surface area (Å²) in [6.45, 7) is 2.35. The zero-order valence-electron chi connectivity index (χ0n) is 11.2. The van der Waals surface area contributed by atoms with Crippen LogP contribution in [0.1, 0.15) is 4.88 Å². The molecule has 3 heterocycles. The van der Waals surface area contributed by atoms with Gasteiger partial charge in [0, 0.05) is 16.6 Å². The molecular weight excluding hydrogens is 288 g/mol. The predicted molar refractivity (Wildman–Crippen MR) is 79.8 cm³/mol. The van der Waals surface area contributed by atoms with Crippen LogP contribution in [0.4, 0.5) is 11.4 Å². The maximum atomic E-state index is 5.39. The quantitative estimate of drug-likeness (QED) is 0.805. The van der Waals surface area contributed by atoms with Crippen LogP contribution < -0.4 is 14.8 Å². The van der Waals surface area contributed by atoms with Crippen molar-refractivity contribution in [3.05, 3.63) is 41.8 Å². The third-order valence-corrected chi connectivity index (χ3v) is 4.24. The summed E-state index contributed by atoms with van der Waals surface area (Å²) in [7, 11) is 0. The van der Waals surface area contributed by atoms with E-state index >= 15 is 0 Å². The number of aromatic nitrogens is 3. The number of ether oxygens (including phenoxy) is 2. The number of anilines is 2. The molecule has 4 rings (SSSR count). The van der Waals surface area contributed by atoms with Gasteiger partial charge in [0.2, 0.25) is 6.79 Å². The van der Waals surface area contributed by atoms with Crippen LogP contribution in [-0.2, 0) is 0 Å². The van der Waals surface area contributed by atoms with E-state index in [1.165, 1.54) is 11.2 Å². The van der Waals surface area contributed by atoms with Gasteiger partial charge in [-0.25, -0.2) is 9.67 Å². The Kier molecular flexibility index (Phi) is 2.78. The molecule has 0 spiro atoms. The van der Waals surface area contributed by atoms with Gasteiger partial charge in [-0.05, 0) is 25.1 Å². The van der Waals surface area contributed by atoms with Gasteiger partial charge in [-0.15, -0.1) is 11.3 Å². The third kappa shape index (κ3) is 2.21. The fourth-order valence-corrected chi connectivity index (χ4v) is 3.05. The first kappa shape index (κ1) is 12.2. The maximum Gasteiger partial charge on any atom is 0.231 e. The molecule has 21 heavy (non-hydrogen) atoms. The van der Waals surface area contributed by atoms with Crippen molar-refractivity contribution in [2.45, 2.75) is 6.92 Å². The van der Waals surface area contributed by atoms with Crippen LogP contribution in [0.2, 0.25) is 0 Å². The van der Waals surface area contributed by atoms with Gasteiger partial charge in [0.25, 0.3) is 0 Å². The smallest absolute Gasteiger partial charge is 0.231 e. The summed E-state index contributed by atoms with van der Waals surface area (Å²) >= 11 is 1.66. The van der Waals surface area contributed by atoms with Crippen LogP contribution in [0.3, 0.4) is 0 Å². The molecule has 0 bridgehead atoms. The van der Waals surface area contributed by atoms with Crippen molar-refractivity contribution in [2.75, 3.05) is 12.1 Å². The Balaban J connectivity index is 1.62. The Hall–Kier alpha value is -2.54. The molecule has 0 atom stereocenters. The molecule has 7 heteroatoms. The van der Waals surface area contributed by atoms with E-state index in [2.05, 4.69) is 28.4 Å². The van der Waals surface area contributed by atoms with Gasteiger partial charge in [-0.3, -0.25) is 0 Å². The molecule has 6 nitrogen and oxygen atoms in total. The molecule has 1 N–H and O–H groups in total. The van der Waals surface area contributed by atoms with Crippen molar-refractivity contribution < 1.29 is 9.47 Å². The highest BCUT2D eigenvalue weighted by Gasteiger charge is 2.14. The highest BCUT2D eigenvalue weighted by molar-refractivity contribution is 7.15. The van der Waals surface area contributed by atoms with E-state index < -0.39 is 0 Å². The van der Waals surface area contributed by atoms with Crippen molar-refractivity contribution >= 4 is 22.7 Å². The lowest BCUT2D eigenvalue weighted by Crippen LogP contribution is -1.93. The lowest BCUT2D eigenvalue weighted by Gasteiger charge is -2.06. The van der Waals surface area contributed by atoms with E-state index in [1.807, 2.05) is 18.2 Å². The van der Waals surface area contributed by atoms with Crippen molar-refractivity contribution in [2.24, 2.45) is 0 Å². The first-order valence-corrected chi connectivity index (χ1v) is 7.23. The van der Waals surface area contributed by atoms with Crippen LogP contribution >= 0.6 is 11.3 Å². The van der Waals surface area contributed by atoms with Crippen molar-refractivity contribution in [3.63, 3.8) is 0 Å². The van der Waals surface area contributed by atoms with Crippen LogP contribution in [0.25, 0.3) is 5.00 Å². The van der Waals surface area contributed by atoms with Gasteiger partial charge >= 0.3 is 0 Å². The molecule has 106 valence electrons. The van der Waals surface area contributed by atoms with Crippen molar-refractivity contribution in [1.29, 1.82) is 0 Å². The number of nitrogens with zero attached hydrogens (tertiary/aromatic N) is 3. The molecular formula is C14H12N4O2S. The fraction of sp³-hybridized carbons (Fsp3) is 0.143. The molecule has 1 aliphatic heterocycles. The molecule has 0 unspecified atom stereocenters. The second kappa shape index (κ2) is 4.78. The number of nitrogens with one attached hydrogen (secondary N) is 1. The molecule has 0 fully saturated rings. The number of thiophene rings is 1. The Morgan fingerprint density at radius 2 is 2.14 bits per heavy atom. The van der Waals surface area contributed by atoms with Crippen LogP contribution in [0, 0.1) is 6.92 Å². The van der Waals surface area contributed by atoms with E-state index in [4.69, 9.17) is 9.47 Å². The highest BCUT2D eigenvalue weighted by Crippen LogP contribution is 2.37. The second-order valence-corrected chi connectivity index (χ2v) is 5.82. The van der Waals surface area contributed by atoms with E-state index in [9.17, 15) is 0 Å². The van der Waals surface area contributed by atoms with Gasteiger partial charge < -0.3 is 14.8 Å². The van der Waals surface area contributed by atoms with Crippen molar-refractivity contribution in [1.82, 2.24) is 14.8 Å². The molecule has 0 saturated carbocycles. The number of rotatable bonds is 3. The summed E-state index contributed by atoms with van der Waals surface area (Å²) in [5.74, 6) is 1.55. The average Bonchev–Trinajstić information content (AvgIpc) is 3.20. The van der Waals surface area contributed by atoms with Gasteiger partial charge in [0.05, 0.1) is 5.69 Å². The zero-order valence-corrected chi connectivity index (χ0v) is 12.1. The maximum absolute atomic E-state index is 5.39. The van der Waals surface area contributed by atoms with Crippen LogP contribution in [0.15, 0.2) is 36.9 Å². The van der Waals surface area contributed by atoms with E-state index in [1.54, 1.807) is 22.3 Å². The number of hydrogen-bond acceptors (Lipinski definition) is 6. The Morgan fingerprint density at radius 1 is 1.24 bits per heavy atom. The van der Waals surface area contributed by atoms with Gasteiger partial charge in [0.15, 0.2) is 11.5 Å². The minimum absolute atomic E-state index is 0.284. The normalized spacial score (nSPS) is 12.6. The van der Waals surface area contributed by atoms with E-state index in [-0.39, 0.29) is 6.79 Å². The fourth-order valence-electron chi connectivity index (χ4n) is 2.16. The minimum atomic E-state index is 0.284. The van der Waals surface area contributed by atoms with Crippen LogP contribution in [-0.4, -0.2) is 21.6 Å². The number of aryl methyl sites for hydroxylation is 1. The predicted octanol–water partition coefficient (Wildman–Crippen LogP) is 3.11. The minimum Gasteiger partial charge on any atom is -0.454 e. The topological polar surface area (TPSA) is 61.2 Å². The second-order valence-electron chi connectivity index (χ2n) is 4.59.